The first-order valence-corrected chi connectivity index (χ1v) is 3.84. The van der Waals surface area contributed by atoms with Crippen molar-refractivity contribution < 1.29 is 13.2 Å². The molecule has 1 rings (SSSR count). The smallest absolute Gasteiger partial charge is 0.273 e. The Morgan fingerprint density at radius 3 is 2.08 bits per heavy atom. The molecule has 0 aromatic carbocycles. The second-order valence-electron chi connectivity index (χ2n) is 3.91. The van der Waals surface area contributed by atoms with Crippen LogP contribution in [-0.2, 0) is 11.6 Å². The highest BCUT2D eigenvalue weighted by molar-refractivity contribution is 5.26. The maximum absolute atomic E-state index is 12.3. The Morgan fingerprint density at radius 1 is 1.23 bits per heavy atom. The van der Waals surface area contributed by atoms with E-state index in [1.54, 1.807) is 20.8 Å². The van der Waals surface area contributed by atoms with Gasteiger partial charge in [0.1, 0.15) is 5.69 Å². The van der Waals surface area contributed by atoms with Gasteiger partial charge in [-0.2, -0.15) is 18.3 Å². The third-order valence-electron chi connectivity index (χ3n) is 1.73. The van der Waals surface area contributed by atoms with Crippen molar-refractivity contribution in [1.82, 2.24) is 10.2 Å². The van der Waals surface area contributed by atoms with Gasteiger partial charge in [0.15, 0.2) is 0 Å². The van der Waals surface area contributed by atoms with E-state index in [2.05, 4.69) is 5.10 Å². The molecule has 0 aliphatic carbocycles. The lowest BCUT2D eigenvalue weighted by molar-refractivity contribution is -0.142. The number of alkyl halides is 3. The number of rotatable bonds is 0. The van der Waals surface area contributed by atoms with Gasteiger partial charge in [0.25, 0.3) is 0 Å². The van der Waals surface area contributed by atoms with Gasteiger partial charge in [-0.1, -0.05) is 20.8 Å². The molecular weight excluding hydrogens is 181 g/mol. The van der Waals surface area contributed by atoms with Crippen LogP contribution in [0.2, 0.25) is 0 Å². The number of halogens is 3. The highest BCUT2D eigenvalue weighted by Gasteiger charge is 2.38. The largest absolute Gasteiger partial charge is 0.433 e. The van der Waals surface area contributed by atoms with Gasteiger partial charge in [-0.25, -0.2) is 0 Å². The van der Waals surface area contributed by atoms with Crippen LogP contribution >= 0.6 is 0 Å². The summed E-state index contributed by atoms with van der Waals surface area (Å²) in [6, 6.07) is 0. The maximum atomic E-state index is 12.3. The Bertz CT molecular complexity index is 265. The molecule has 0 atom stereocenters. The average Bonchev–Trinajstić information content (AvgIpc) is 2.27. The van der Waals surface area contributed by atoms with Crippen LogP contribution in [0.4, 0.5) is 13.2 Å². The second kappa shape index (κ2) is 2.75. The van der Waals surface area contributed by atoms with Crippen LogP contribution in [0.5, 0.6) is 0 Å². The van der Waals surface area contributed by atoms with Crippen LogP contribution in [-0.4, -0.2) is 10.2 Å². The molecule has 0 bridgehead atoms. The molecule has 1 aromatic heterocycles. The van der Waals surface area contributed by atoms with Crippen LogP contribution in [0.15, 0.2) is 6.20 Å². The van der Waals surface area contributed by atoms with Gasteiger partial charge in [0, 0.05) is 5.56 Å². The van der Waals surface area contributed by atoms with Gasteiger partial charge in [0.05, 0.1) is 6.20 Å². The maximum Gasteiger partial charge on any atom is 0.433 e. The monoisotopic (exact) mass is 192 g/mol. The van der Waals surface area contributed by atoms with Crippen LogP contribution in [0.3, 0.4) is 0 Å². The number of hydrogen-bond donors (Lipinski definition) is 1. The Morgan fingerprint density at radius 2 is 1.77 bits per heavy atom. The lowest BCUT2D eigenvalue weighted by Gasteiger charge is -2.19. The molecule has 5 heteroatoms. The van der Waals surface area contributed by atoms with Gasteiger partial charge in [-0.15, -0.1) is 0 Å². The fraction of sp³-hybridized carbons (Fsp3) is 0.625. The molecule has 0 aliphatic rings. The van der Waals surface area contributed by atoms with E-state index in [0.29, 0.717) is 0 Å². The number of aromatic nitrogens is 2. The molecule has 0 saturated heterocycles. The predicted octanol–water partition coefficient (Wildman–Crippen LogP) is 2.73. The fourth-order valence-corrected chi connectivity index (χ4v) is 1.07. The standard InChI is InChI=1S/C8H11F3N2/c1-7(2,3)5-4-12-13-6(5)8(9,10)11/h4H,1-3H3,(H,12,13). The molecule has 0 unspecified atom stereocenters. The highest BCUT2D eigenvalue weighted by atomic mass is 19.4. The van der Waals surface area contributed by atoms with Crippen molar-refractivity contribution >= 4 is 0 Å². The summed E-state index contributed by atoms with van der Waals surface area (Å²) in [6.07, 6.45) is -3.12. The number of nitrogens with zero attached hydrogens (tertiary/aromatic N) is 1. The molecule has 13 heavy (non-hydrogen) atoms. The number of hydrogen-bond acceptors (Lipinski definition) is 1. The van der Waals surface area contributed by atoms with Crippen molar-refractivity contribution in [1.29, 1.82) is 0 Å². The molecule has 1 heterocycles. The first-order chi connectivity index (χ1) is 5.73. The molecule has 0 fully saturated rings. The third kappa shape index (κ3) is 2.02. The molecule has 0 aliphatic heterocycles. The summed E-state index contributed by atoms with van der Waals surface area (Å²) in [4.78, 5) is 0. The summed E-state index contributed by atoms with van der Waals surface area (Å²) in [5.41, 5.74) is -1.10. The minimum absolute atomic E-state index is 0.194. The van der Waals surface area contributed by atoms with E-state index in [0.717, 1.165) is 0 Å². The summed E-state index contributed by atoms with van der Waals surface area (Å²) >= 11 is 0. The third-order valence-corrected chi connectivity index (χ3v) is 1.73. The molecule has 74 valence electrons. The van der Waals surface area contributed by atoms with E-state index in [1.165, 1.54) is 6.20 Å². The van der Waals surface area contributed by atoms with Crippen LogP contribution in [0.1, 0.15) is 32.0 Å². The lowest BCUT2D eigenvalue weighted by atomic mass is 9.87. The van der Waals surface area contributed by atoms with Gasteiger partial charge in [-0.3, -0.25) is 5.10 Å². The quantitative estimate of drug-likeness (QED) is 0.672. The minimum Gasteiger partial charge on any atom is -0.273 e. The highest BCUT2D eigenvalue weighted by Crippen LogP contribution is 2.35. The fourth-order valence-electron chi connectivity index (χ4n) is 1.07. The van der Waals surface area contributed by atoms with Crippen LogP contribution in [0, 0.1) is 0 Å². The first kappa shape index (κ1) is 10.1. The van der Waals surface area contributed by atoms with Crippen molar-refractivity contribution in [2.75, 3.05) is 0 Å². The molecule has 1 N–H and O–H groups in total. The van der Waals surface area contributed by atoms with E-state index in [-0.39, 0.29) is 5.56 Å². The zero-order valence-electron chi connectivity index (χ0n) is 7.66. The predicted molar refractivity (Wildman–Crippen MR) is 42.3 cm³/mol. The number of nitrogens with one attached hydrogen (secondary N) is 1. The van der Waals surface area contributed by atoms with Crippen molar-refractivity contribution in [3.63, 3.8) is 0 Å². The SMILES string of the molecule is CC(C)(C)c1cn[nH]c1C(F)(F)F. The van der Waals surface area contributed by atoms with Crippen molar-refractivity contribution in [2.45, 2.75) is 32.4 Å². The normalized spacial score (nSPS) is 13.4. The Hall–Kier alpha value is -1.00. The molecule has 0 radical (unpaired) electrons. The van der Waals surface area contributed by atoms with E-state index in [4.69, 9.17) is 0 Å². The average molecular weight is 192 g/mol. The van der Waals surface area contributed by atoms with Crippen LogP contribution < -0.4 is 0 Å². The molecule has 0 spiro atoms. The molecule has 0 saturated carbocycles. The van der Waals surface area contributed by atoms with Crippen LogP contribution in [0.25, 0.3) is 0 Å². The van der Waals surface area contributed by atoms with Gasteiger partial charge in [0.2, 0.25) is 0 Å². The minimum atomic E-state index is -4.35. The summed E-state index contributed by atoms with van der Waals surface area (Å²) in [6.45, 7) is 5.15. The van der Waals surface area contributed by atoms with Crippen molar-refractivity contribution in [2.24, 2.45) is 0 Å². The zero-order valence-corrected chi connectivity index (χ0v) is 7.66. The van der Waals surface area contributed by atoms with E-state index in [1.807, 2.05) is 5.10 Å². The van der Waals surface area contributed by atoms with Crippen molar-refractivity contribution in [3.05, 3.63) is 17.5 Å². The molecular formula is C8H11F3N2. The number of aromatic amines is 1. The first-order valence-electron chi connectivity index (χ1n) is 3.84. The van der Waals surface area contributed by atoms with Gasteiger partial charge in [-0.05, 0) is 5.41 Å². The zero-order chi connectivity index (χ0) is 10.3. The molecule has 1 aromatic rings. The van der Waals surface area contributed by atoms with E-state index < -0.39 is 17.3 Å². The molecule has 2 nitrogen and oxygen atoms in total. The Labute approximate surface area is 74.1 Å². The summed E-state index contributed by atoms with van der Waals surface area (Å²) in [7, 11) is 0. The van der Waals surface area contributed by atoms with E-state index >= 15 is 0 Å². The van der Waals surface area contributed by atoms with Gasteiger partial charge < -0.3 is 0 Å². The Kier molecular flexibility index (Phi) is 2.13. The summed E-state index contributed by atoms with van der Waals surface area (Å²) < 4.78 is 37.0. The summed E-state index contributed by atoms with van der Waals surface area (Å²) in [5, 5.41) is 5.39. The molecule has 0 amide bonds. The topological polar surface area (TPSA) is 28.7 Å². The second-order valence-corrected chi connectivity index (χ2v) is 3.91. The van der Waals surface area contributed by atoms with Gasteiger partial charge >= 0.3 is 6.18 Å². The Balaban J connectivity index is 3.19. The summed E-state index contributed by atoms with van der Waals surface area (Å²) in [5.74, 6) is 0. The van der Waals surface area contributed by atoms with Crippen molar-refractivity contribution in [3.8, 4) is 0 Å². The van der Waals surface area contributed by atoms with E-state index in [9.17, 15) is 13.2 Å². The number of H-pyrrole nitrogens is 1. The lowest BCUT2D eigenvalue weighted by Crippen LogP contribution is -2.18.